The summed E-state index contributed by atoms with van der Waals surface area (Å²) in [5.41, 5.74) is 3.46. The van der Waals surface area contributed by atoms with Crippen molar-refractivity contribution >= 4 is 17.6 Å². The van der Waals surface area contributed by atoms with E-state index in [2.05, 4.69) is 5.32 Å². The molecule has 46 heavy (non-hydrogen) atoms. The number of rotatable bonds is 12. The van der Waals surface area contributed by atoms with Crippen LogP contribution in [0.5, 0.6) is 5.75 Å². The molecule has 0 aliphatic rings. The van der Waals surface area contributed by atoms with Gasteiger partial charge < -0.3 is 20.5 Å². The largest absolute Gasteiger partial charge is 0.493 e. The third-order valence-electron chi connectivity index (χ3n) is 6.72. The van der Waals surface area contributed by atoms with Gasteiger partial charge in [0.15, 0.2) is 17.4 Å². The lowest BCUT2D eigenvalue weighted by molar-refractivity contribution is -0.157. The van der Waals surface area contributed by atoms with E-state index in [1.807, 2.05) is 30.3 Å². The highest BCUT2D eigenvalue weighted by molar-refractivity contribution is 6.11. The zero-order valence-corrected chi connectivity index (χ0v) is 25.4. The zero-order valence-electron chi connectivity index (χ0n) is 25.4. The summed E-state index contributed by atoms with van der Waals surface area (Å²) in [7, 11) is 0. The molecule has 0 fully saturated rings. The first kappa shape index (κ1) is 33.9. The summed E-state index contributed by atoms with van der Waals surface area (Å²) in [6, 6.07) is 14.6. The summed E-state index contributed by atoms with van der Waals surface area (Å²) in [5, 5.41) is 3.15. The number of ether oxygens (including phenoxy) is 2. The number of hydrogen-bond acceptors (Lipinski definition) is 7. The summed E-state index contributed by atoms with van der Waals surface area (Å²) in [6.45, 7) is 5.67. The van der Waals surface area contributed by atoms with Crippen LogP contribution < -0.4 is 21.3 Å². The average Bonchev–Trinajstić information content (AvgIpc) is 2.97. The fourth-order valence-electron chi connectivity index (χ4n) is 4.63. The Bertz CT molecular complexity index is 1770. The average molecular weight is 640 g/mol. The standard InChI is InChI=1S/C34H33F4N3O5/c1-34(2,3)46-33(44)28(16-20-8-5-4-6-9-20)40-14-7-15-45-22-18-26(37)30(27(38)19-22)41-29(42)13-12-24(32(41)39)31(43)23-11-10-21(35)17-25(23)36/h4-6,8-13,17-19,28,40H,7,14-16,39H2,1-3H3/t28-/m0/s1. The molecule has 3 aromatic carbocycles. The van der Waals surface area contributed by atoms with E-state index in [9.17, 15) is 23.2 Å². The first-order valence-corrected chi connectivity index (χ1v) is 14.4. The van der Waals surface area contributed by atoms with E-state index in [4.69, 9.17) is 15.2 Å². The van der Waals surface area contributed by atoms with Gasteiger partial charge in [0.25, 0.3) is 5.56 Å². The molecule has 4 rings (SSSR count). The van der Waals surface area contributed by atoms with Gasteiger partial charge in [-0.05, 0) is 63.9 Å². The number of carbonyl (C=O) groups excluding carboxylic acids is 2. The second kappa shape index (κ2) is 14.4. The van der Waals surface area contributed by atoms with Crippen LogP contribution in [0.1, 0.15) is 48.7 Å². The molecule has 4 aromatic rings. The smallest absolute Gasteiger partial charge is 0.323 e. The van der Waals surface area contributed by atoms with Gasteiger partial charge in [0.1, 0.15) is 40.5 Å². The normalized spacial score (nSPS) is 12.1. The van der Waals surface area contributed by atoms with E-state index in [-0.39, 0.29) is 12.4 Å². The highest BCUT2D eigenvalue weighted by atomic mass is 19.1. The summed E-state index contributed by atoms with van der Waals surface area (Å²) in [5.74, 6) is -6.78. The Balaban J connectivity index is 1.45. The third kappa shape index (κ3) is 8.39. The maximum Gasteiger partial charge on any atom is 0.323 e. The number of anilines is 1. The zero-order chi connectivity index (χ0) is 33.6. The van der Waals surface area contributed by atoms with Gasteiger partial charge in [-0.1, -0.05) is 30.3 Å². The van der Waals surface area contributed by atoms with Gasteiger partial charge in [0.2, 0.25) is 0 Å². The summed E-state index contributed by atoms with van der Waals surface area (Å²) in [6.07, 6.45) is 0.748. The van der Waals surface area contributed by atoms with Crippen molar-refractivity contribution in [2.24, 2.45) is 0 Å². The Labute approximate surface area is 262 Å². The number of nitrogen functional groups attached to an aromatic ring is 1. The molecule has 1 atom stereocenters. The minimum absolute atomic E-state index is 0.0207. The quantitative estimate of drug-likeness (QED) is 0.0909. The molecule has 3 N–H and O–H groups in total. The number of hydrogen-bond donors (Lipinski definition) is 2. The van der Waals surface area contributed by atoms with E-state index >= 15 is 8.78 Å². The van der Waals surface area contributed by atoms with Gasteiger partial charge in [0, 0.05) is 24.3 Å². The molecule has 0 spiro atoms. The second-order valence-corrected chi connectivity index (χ2v) is 11.4. The van der Waals surface area contributed by atoms with Gasteiger partial charge in [-0.3, -0.25) is 19.0 Å². The van der Waals surface area contributed by atoms with Gasteiger partial charge >= 0.3 is 5.97 Å². The number of nitrogens with two attached hydrogens (primary N) is 1. The fraction of sp³-hybridized carbons (Fsp3) is 0.265. The summed E-state index contributed by atoms with van der Waals surface area (Å²) < 4.78 is 69.6. The van der Waals surface area contributed by atoms with Crippen LogP contribution in [0, 0.1) is 23.3 Å². The maximum atomic E-state index is 15.2. The number of ketones is 1. The van der Waals surface area contributed by atoms with Gasteiger partial charge in [-0.2, -0.15) is 0 Å². The highest BCUT2D eigenvalue weighted by Crippen LogP contribution is 2.27. The second-order valence-electron chi connectivity index (χ2n) is 11.4. The summed E-state index contributed by atoms with van der Waals surface area (Å²) in [4.78, 5) is 38.4. The number of halogens is 4. The Morgan fingerprint density at radius 3 is 2.17 bits per heavy atom. The van der Waals surface area contributed by atoms with Crippen LogP contribution in [0.15, 0.2) is 77.6 Å². The van der Waals surface area contributed by atoms with Crippen molar-refractivity contribution in [2.45, 2.75) is 45.3 Å². The van der Waals surface area contributed by atoms with Gasteiger partial charge in [-0.25, -0.2) is 17.6 Å². The molecule has 0 amide bonds. The number of pyridine rings is 1. The predicted octanol–water partition coefficient (Wildman–Crippen LogP) is 5.52. The van der Waals surface area contributed by atoms with E-state index in [1.54, 1.807) is 20.8 Å². The number of carbonyl (C=O) groups is 2. The molecule has 0 radical (unpaired) electrons. The van der Waals surface area contributed by atoms with Crippen LogP contribution in [-0.4, -0.2) is 41.1 Å². The third-order valence-corrected chi connectivity index (χ3v) is 6.72. The van der Waals surface area contributed by atoms with Crippen molar-refractivity contribution in [1.82, 2.24) is 9.88 Å². The van der Waals surface area contributed by atoms with E-state index in [1.165, 1.54) is 0 Å². The van der Waals surface area contributed by atoms with E-state index in [0.29, 0.717) is 30.0 Å². The van der Waals surface area contributed by atoms with Crippen molar-refractivity contribution < 1.29 is 36.6 Å². The molecule has 0 saturated carbocycles. The Morgan fingerprint density at radius 2 is 1.54 bits per heavy atom. The molecular weight excluding hydrogens is 606 g/mol. The molecule has 0 unspecified atom stereocenters. The fourth-order valence-corrected chi connectivity index (χ4v) is 4.63. The minimum atomic E-state index is -1.22. The Morgan fingerprint density at radius 1 is 0.891 bits per heavy atom. The number of nitrogens with one attached hydrogen (secondary N) is 1. The molecule has 1 heterocycles. The number of esters is 1. The maximum absolute atomic E-state index is 15.2. The van der Waals surface area contributed by atoms with Gasteiger partial charge in [0.05, 0.1) is 17.7 Å². The molecule has 12 heteroatoms. The minimum Gasteiger partial charge on any atom is -0.493 e. The van der Waals surface area contributed by atoms with Crippen molar-refractivity contribution in [3.05, 3.63) is 123 Å². The lowest BCUT2D eigenvalue weighted by Crippen LogP contribution is -2.43. The van der Waals surface area contributed by atoms with Crippen molar-refractivity contribution in [2.75, 3.05) is 18.9 Å². The van der Waals surface area contributed by atoms with E-state index in [0.717, 1.165) is 42.0 Å². The van der Waals surface area contributed by atoms with Crippen molar-refractivity contribution in [3.63, 3.8) is 0 Å². The number of nitrogens with zero attached hydrogens (tertiary/aromatic N) is 1. The van der Waals surface area contributed by atoms with Crippen LogP contribution in [0.4, 0.5) is 23.4 Å². The lowest BCUT2D eigenvalue weighted by atomic mass is 10.0. The van der Waals surface area contributed by atoms with Crippen LogP contribution in [0.3, 0.4) is 0 Å². The monoisotopic (exact) mass is 639 g/mol. The molecule has 0 aliphatic carbocycles. The molecular formula is C34H33F4N3O5. The Hall–Kier alpha value is -4.97. The molecule has 8 nitrogen and oxygen atoms in total. The first-order valence-electron chi connectivity index (χ1n) is 14.4. The van der Waals surface area contributed by atoms with Crippen molar-refractivity contribution in [3.8, 4) is 11.4 Å². The van der Waals surface area contributed by atoms with Gasteiger partial charge in [-0.15, -0.1) is 0 Å². The molecule has 242 valence electrons. The van der Waals surface area contributed by atoms with E-state index < -0.39 is 74.9 Å². The number of aromatic nitrogens is 1. The number of benzene rings is 3. The molecule has 0 bridgehead atoms. The van der Waals surface area contributed by atoms with Crippen molar-refractivity contribution in [1.29, 1.82) is 0 Å². The molecule has 0 aliphatic heterocycles. The van der Waals surface area contributed by atoms with Crippen LogP contribution in [0.25, 0.3) is 5.69 Å². The first-order chi connectivity index (χ1) is 21.7. The molecule has 1 aromatic heterocycles. The highest BCUT2D eigenvalue weighted by Gasteiger charge is 2.26. The predicted molar refractivity (Wildman–Crippen MR) is 164 cm³/mol. The van der Waals surface area contributed by atoms with Crippen LogP contribution >= 0.6 is 0 Å². The SMILES string of the molecule is CC(C)(C)OC(=O)[C@H](Cc1ccccc1)NCCCOc1cc(F)c(-n2c(N)c(C(=O)c3ccc(F)cc3F)ccc2=O)c(F)c1. The Kier molecular flexibility index (Phi) is 10.6. The molecule has 0 saturated heterocycles. The topological polar surface area (TPSA) is 113 Å². The van der Waals surface area contributed by atoms with Crippen LogP contribution in [0.2, 0.25) is 0 Å². The lowest BCUT2D eigenvalue weighted by Gasteiger charge is -2.25. The summed E-state index contributed by atoms with van der Waals surface area (Å²) >= 11 is 0. The van der Waals surface area contributed by atoms with Crippen LogP contribution in [-0.2, 0) is 16.0 Å².